The van der Waals surface area contributed by atoms with Crippen molar-refractivity contribution in [3.8, 4) is 55.6 Å². The van der Waals surface area contributed by atoms with Crippen LogP contribution in [-0.4, -0.2) is 0 Å². The van der Waals surface area contributed by atoms with E-state index in [2.05, 4.69) is 194 Å². The lowest BCUT2D eigenvalue weighted by Gasteiger charge is -2.61. The zero-order valence-electron chi connectivity index (χ0n) is 34.8. The van der Waals surface area contributed by atoms with Gasteiger partial charge in [0.2, 0.25) is 0 Å². The fraction of sp³-hybridized carbons (Fsp3) is 0.161. The molecular formula is C62H46. The Hall–Kier alpha value is -6.76. The summed E-state index contributed by atoms with van der Waals surface area (Å²) < 4.78 is 0. The van der Waals surface area contributed by atoms with E-state index in [0.717, 1.165) is 11.8 Å². The molecule has 0 aliphatic heterocycles. The number of benzene rings is 10. The summed E-state index contributed by atoms with van der Waals surface area (Å²) in [6.07, 6.45) is 6.98. The van der Waals surface area contributed by atoms with Crippen molar-refractivity contribution in [2.45, 2.75) is 37.5 Å². The molecular weight excluding hydrogens is 745 g/mol. The van der Waals surface area contributed by atoms with Gasteiger partial charge in [0, 0.05) is 5.41 Å². The highest BCUT2D eigenvalue weighted by molar-refractivity contribution is 6.22. The Bertz CT molecular complexity index is 3390. The lowest BCUT2D eigenvalue weighted by Crippen LogP contribution is -2.55. The summed E-state index contributed by atoms with van der Waals surface area (Å²) in [4.78, 5) is 0. The van der Waals surface area contributed by atoms with Gasteiger partial charge in [0.15, 0.2) is 0 Å². The predicted molar refractivity (Wildman–Crippen MR) is 261 cm³/mol. The van der Waals surface area contributed by atoms with Crippen molar-refractivity contribution in [2.75, 3.05) is 0 Å². The Morgan fingerprint density at radius 1 is 0.306 bits per heavy atom. The minimum Gasteiger partial charge on any atom is -0.0622 e. The summed E-state index contributed by atoms with van der Waals surface area (Å²) >= 11 is 0. The lowest BCUT2D eigenvalue weighted by molar-refractivity contribution is -0.0396. The Morgan fingerprint density at radius 2 is 0.806 bits per heavy atom. The fourth-order valence-corrected chi connectivity index (χ4v) is 14.1. The normalized spacial score (nSPS) is 21.9. The third-order valence-corrected chi connectivity index (χ3v) is 16.2. The van der Waals surface area contributed by atoms with Gasteiger partial charge in [0.1, 0.15) is 0 Å². The first kappa shape index (κ1) is 34.9. The molecule has 10 aromatic carbocycles. The molecule has 4 bridgehead atoms. The van der Waals surface area contributed by atoms with Crippen molar-refractivity contribution in [1.82, 2.24) is 0 Å². The van der Waals surface area contributed by atoms with Gasteiger partial charge >= 0.3 is 0 Å². The molecule has 10 aromatic rings. The minimum atomic E-state index is 0.0704. The smallest absolute Gasteiger partial charge is 0.0278 e. The van der Waals surface area contributed by atoms with E-state index in [1.165, 1.54) is 131 Å². The van der Waals surface area contributed by atoms with E-state index in [-0.39, 0.29) is 5.41 Å². The summed E-state index contributed by atoms with van der Waals surface area (Å²) in [7, 11) is 0. The molecule has 0 unspecified atom stereocenters. The highest BCUT2D eigenvalue weighted by Gasteiger charge is 2.62. The van der Waals surface area contributed by atoms with Crippen LogP contribution in [0.1, 0.15) is 43.2 Å². The second kappa shape index (κ2) is 13.1. The zero-order valence-corrected chi connectivity index (χ0v) is 34.8. The van der Waals surface area contributed by atoms with Gasteiger partial charge in [-0.15, -0.1) is 0 Å². The summed E-state index contributed by atoms with van der Waals surface area (Å²) in [5.74, 6) is 3.21. The molecule has 5 aliphatic carbocycles. The third-order valence-electron chi connectivity index (χ3n) is 16.2. The quantitative estimate of drug-likeness (QED) is 0.156. The van der Waals surface area contributed by atoms with Crippen LogP contribution in [0.3, 0.4) is 0 Å². The highest BCUT2D eigenvalue weighted by atomic mass is 14.7. The molecule has 62 heavy (non-hydrogen) atoms. The Labute approximate surface area is 363 Å². The molecule has 5 aliphatic rings. The fourth-order valence-electron chi connectivity index (χ4n) is 14.1. The molecule has 294 valence electrons. The largest absolute Gasteiger partial charge is 0.0622 e. The second-order valence-corrected chi connectivity index (χ2v) is 19.2. The van der Waals surface area contributed by atoms with Crippen LogP contribution in [0.4, 0.5) is 0 Å². The summed E-state index contributed by atoms with van der Waals surface area (Å²) in [5, 5.41) is 10.5. The van der Waals surface area contributed by atoms with E-state index < -0.39 is 0 Å². The summed E-state index contributed by atoms with van der Waals surface area (Å²) in [5.41, 5.74) is 16.7. The lowest BCUT2D eigenvalue weighted by atomic mass is 9.42. The van der Waals surface area contributed by atoms with E-state index in [0.29, 0.717) is 11.8 Å². The average Bonchev–Trinajstić information content (AvgIpc) is 3.61. The van der Waals surface area contributed by atoms with Gasteiger partial charge in [-0.1, -0.05) is 170 Å². The summed E-state index contributed by atoms with van der Waals surface area (Å²) in [6.45, 7) is 0. The van der Waals surface area contributed by atoms with Gasteiger partial charge < -0.3 is 0 Å². The van der Waals surface area contributed by atoms with Crippen molar-refractivity contribution in [3.63, 3.8) is 0 Å². The van der Waals surface area contributed by atoms with Crippen LogP contribution in [0.15, 0.2) is 194 Å². The molecule has 0 atom stereocenters. The Morgan fingerprint density at radius 3 is 1.48 bits per heavy atom. The highest BCUT2D eigenvalue weighted by Crippen LogP contribution is 2.71. The van der Waals surface area contributed by atoms with Gasteiger partial charge in [0.25, 0.3) is 0 Å². The summed E-state index contributed by atoms with van der Waals surface area (Å²) in [6, 6.07) is 74.0. The molecule has 4 saturated carbocycles. The minimum absolute atomic E-state index is 0.0704. The first-order valence-electron chi connectivity index (χ1n) is 23.0. The van der Waals surface area contributed by atoms with E-state index in [4.69, 9.17) is 0 Å². The van der Waals surface area contributed by atoms with Crippen molar-refractivity contribution >= 4 is 43.1 Å². The number of fused-ring (bicyclic) bond motifs is 7. The van der Waals surface area contributed by atoms with Gasteiger partial charge in [-0.05, 0) is 190 Å². The van der Waals surface area contributed by atoms with Crippen LogP contribution in [0, 0.1) is 23.7 Å². The van der Waals surface area contributed by atoms with Crippen LogP contribution in [0.5, 0.6) is 0 Å². The predicted octanol–water partition coefficient (Wildman–Crippen LogP) is 16.7. The molecule has 0 N–H and O–H groups in total. The van der Waals surface area contributed by atoms with E-state index in [1.54, 1.807) is 11.1 Å². The number of hydrogen-bond donors (Lipinski definition) is 0. The molecule has 0 nitrogen and oxygen atoms in total. The Balaban J connectivity index is 0.963. The number of rotatable bonds is 4. The van der Waals surface area contributed by atoms with Crippen molar-refractivity contribution in [2.24, 2.45) is 23.7 Å². The van der Waals surface area contributed by atoms with Crippen LogP contribution in [-0.2, 0) is 5.41 Å². The molecule has 0 radical (unpaired) electrons. The van der Waals surface area contributed by atoms with E-state index >= 15 is 0 Å². The zero-order chi connectivity index (χ0) is 40.5. The monoisotopic (exact) mass is 790 g/mol. The van der Waals surface area contributed by atoms with E-state index in [1.807, 2.05) is 0 Å². The van der Waals surface area contributed by atoms with Crippen LogP contribution < -0.4 is 0 Å². The standard InChI is InChI=1S/C62H46/c1-2-13-40(14-3-1)41-17-10-19-45(34-41)59-51-20-6-8-22-53(51)60(54-23-9-7-21-52(54)59)46-27-28-49-44(35-46)18-11-24-50(49)55-25-12-26-56-57-36-42-15-4-5-16-43(42)37-58(57)62(61(55)56)47-30-38-29-39(32-47)33-48(62)31-38/h1-28,34-39,47-48H,29-33H2. The maximum Gasteiger partial charge on any atom is 0.0278 e. The SMILES string of the molecule is c1ccc(-c2cccc(-c3c4ccccc4c(-c4ccc5c(-c6cccc7c6C6(c8cc9ccccc9cc8-7)C7CC8CC(C7)CC6C8)cccc5c4)c4ccccc34)c2)cc1. The van der Waals surface area contributed by atoms with Crippen molar-refractivity contribution in [1.29, 1.82) is 0 Å². The van der Waals surface area contributed by atoms with E-state index in [9.17, 15) is 0 Å². The van der Waals surface area contributed by atoms with Gasteiger partial charge in [0.05, 0.1) is 0 Å². The Kier molecular flexibility index (Phi) is 7.39. The van der Waals surface area contributed by atoms with Gasteiger partial charge in [-0.2, -0.15) is 0 Å². The van der Waals surface area contributed by atoms with Crippen molar-refractivity contribution < 1.29 is 0 Å². The molecule has 4 fully saturated rings. The molecule has 0 aromatic heterocycles. The molecule has 0 heteroatoms. The second-order valence-electron chi connectivity index (χ2n) is 19.2. The molecule has 0 heterocycles. The average molecular weight is 791 g/mol. The van der Waals surface area contributed by atoms with Crippen LogP contribution in [0.25, 0.3) is 98.7 Å². The van der Waals surface area contributed by atoms with Crippen LogP contribution >= 0.6 is 0 Å². The molecule has 0 saturated heterocycles. The molecule has 15 rings (SSSR count). The maximum atomic E-state index is 2.63. The first-order valence-corrected chi connectivity index (χ1v) is 23.0. The third kappa shape index (κ3) is 4.84. The van der Waals surface area contributed by atoms with Crippen LogP contribution in [0.2, 0.25) is 0 Å². The first-order chi connectivity index (χ1) is 30.7. The number of hydrogen-bond acceptors (Lipinski definition) is 0. The van der Waals surface area contributed by atoms with Crippen molar-refractivity contribution in [3.05, 3.63) is 205 Å². The van der Waals surface area contributed by atoms with Gasteiger partial charge in [-0.3, -0.25) is 0 Å². The molecule has 1 spiro atoms. The topological polar surface area (TPSA) is 0 Å². The molecule has 0 amide bonds. The van der Waals surface area contributed by atoms with Gasteiger partial charge in [-0.25, -0.2) is 0 Å². The maximum absolute atomic E-state index is 2.63.